The molecule has 0 saturated heterocycles. The number of hydrogen-bond acceptors (Lipinski definition) is 3. The molecule has 3 nitrogen and oxygen atoms in total. The molecular weight excluding hydrogens is 232 g/mol. The van der Waals surface area contributed by atoms with Crippen molar-refractivity contribution in [3.63, 3.8) is 0 Å². The lowest BCUT2D eigenvalue weighted by Gasteiger charge is -2.11. The summed E-state index contributed by atoms with van der Waals surface area (Å²) < 4.78 is 0. The van der Waals surface area contributed by atoms with Crippen LogP contribution in [-0.2, 0) is 11.3 Å². The first-order valence-corrected chi connectivity index (χ1v) is 7.00. The van der Waals surface area contributed by atoms with E-state index in [-0.39, 0.29) is 11.8 Å². The molecule has 0 aliphatic rings. The molecule has 0 bridgehead atoms. The second kappa shape index (κ2) is 7.35. The molecule has 3 N–H and O–H groups in total. The van der Waals surface area contributed by atoms with Crippen molar-refractivity contribution in [2.75, 3.05) is 12.8 Å². The lowest BCUT2D eigenvalue weighted by Crippen LogP contribution is -2.29. The summed E-state index contributed by atoms with van der Waals surface area (Å²) in [6.45, 7) is 3.04. The van der Waals surface area contributed by atoms with Gasteiger partial charge in [0.1, 0.15) is 0 Å². The predicted octanol–water partition coefficient (Wildman–Crippen LogP) is 2.01. The van der Waals surface area contributed by atoms with Crippen LogP contribution in [0.1, 0.15) is 18.9 Å². The van der Waals surface area contributed by atoms with E-state index in [1.54, 1.807) is 11.8 Å². The van der Waals surface area contributed by atoms with Gasteiger partial charge in [0, 0.05) is 17.4 Å². The molecule has 0 aliphatic heterocycles. The predicted molar refractivity (Wildman–Crippen MR) is 72.9 cm³/mol. The molecule has 1 unspecified atom stereocenters. The first kappa shape index (κ1) is 14.1. The molecule has 0 aliphatic carbocycles. The van der Waals surface area contributed by atoms with E-state index < -0.39 is 0 Å². The van der Waals surface area contributed by atoms with Crippen molar-refractivity contribution in [3.8, 4) is 0 Å². The van der Waals surface area contributed by atoms with E-state index in [0.717, 1.165) is 12.0 Å². The van der Waals surface area contributed by atoms with Gasteiger partial charge in [-0.25, -0.2) is 0 Å². The summed E-state index contributed by atoms with van der Waals surface area (Å²) in [4.78, 5) is 12.9. The second-order valence-corrected chi connectivity index (χ2v) is 4.92. The molecule has 0 heterocycles. The third-order valence-corrected chi connectivity index (χ3v) is 3.42. The summed E-state index contributed by atoms with van der Waals surface area (Å²) in [6.07, 6.45) is 2.78. The van der Waals surface area contributed by atoms with Crippen LogP contribution in [0.4, 0.5) is 0 Å². The number of carbonyl (C=O) groups excluding carboxylic acids is 1. The normalized spacial score (nSPS) is 12.2. The van der Waals surface area contributed by atoms with Crippen LogP contribution in [0.5, 0.6) is 0 Å². The van der Waals surface area contributed by atoms with Gasteiger partial charge in [0.05, 0.1) is 0 Å². The third-order valence-electron chi connectivity index (χ3n) is 2.67. The Bertz CT molecular complexity index is 351. The van der Waals surface area contributed by atoms with Crippen LogP contribution >= 0.6 is 11.8 Å². The van der Waals surface area contributed by atoms with E-state index in [2.05, 4.69) is 17.4 Å². The van der Waals surface area contributed by atoms with E-state index in [1.165, 1.54) is 4.90 Å². The molecule has 17 heavy (non-hydrogen) atoms. The van der Waals surface area contributed by atoms with Gasteiger partial charge in [-0.2, -0.15) is 0 Å². The van der Waals surface area contributed by atoms with Gasteiger partial charge in [0.25, 0.3) is 0 Å². The Hall–Kier alpha value is -1.00. The molecule has 1 rings (SSSR count). The summed E-state index contributed by atoms with van der Waals surface area (Å²) in [6, 6.07) is 8.21. The maximum absolute atomic E-state index is 11.7. The summed E-state index contributed by atoms with van der Waals surface area (Å²) in [5.74, 6) is 0.0647. The molecule has 0 spiro atoms. The lowest BCUT2D eigenvalue weighted by molar-refractivity contribution is -0.124. The molecule has 1 amide bonds. The van der Waals surface area contributed by atoms with Crippen molar-refractivity contribution in [3.05, 3.63) is 29.8 Å². The third kappa shape index (κ3) is 4.79. The van der Waals surface area contributed by atoms with Crippen LogP contribution in [-0.4, -0.2) is 18.7 Å². The highest BCUT2D eigenvalue weighted by molar-refractivity contribution is 7.98. The van der Waals surface area contributed by atoms with Gasteiger partial charge in [0.2, 0.25) is 5.91 Å². The number of nitrogens with one attached hydrogen (secondary N) is 1. The Labute approximate surface area is 107 Å². The fourth-order valence-corrected chi connectivity index (χ4v) is 1.90. The standard InChI is InChI=1S/C13H20N2OS/c1-10(7-8-14)13(16)15-9-11-3-5-12(17-2)6-4-11/h3-6,10H,7-9,14H2,1-2H3,(H,15,16). The van der Waals surface area contributed by atoms with Crippen molar-refractivity contribution in [1.29, 1.82) is 0 Å². The minimum absolute atomic E-state index is 0.00882. The van der Waals surface area contributed by atoms with Crippen LogP contribution < -0.4 is 11.1 Å². The Balaban J connectivity index is 2.41. The van der Waals surface area contributed by atoms with Gasteiger partial charge in [-0.1, -0.05) is 19.1 Å². The molecular formula is C13H20N2OS. The molecule has 1 aromatic rings. The van der Waals surface area contributed by atoms with Crippen molar-refractivity contribution in [2.45, 2.75) is 24.8 Å². The monoisotopic (exact) mass is 252 g/mol. The molecule has 94 valence electrons. The Morgan fingerprint density at radius 3 is 2.59 bits per heavy atom. The van der Waals surface area contributed by atoms with Crippen LogP contribution in [0.2, 0.25) is 0 Å². The summed E-state index contributed by atoms with van der Waals surface area (Å²) in [7, 11) is 0. The van der Waals surface area contributed by atoms with Crippen LogP contribution in [0.3, 0.4) is 0 Å². The highest BCUT2D eigenvalue weighted by atomic mass is 32.2. The average molecular weight is 252 g/mol. The van der Waals surface area contributed by atoms with Gasteiger partial charge in [-0.3, -0.25) is 4.79 Å². The smallest absolute Gasteiger partial charge is 0.223 e. The first-order chi connectivity index (χ1) is 8.17. The van der Waals surface area contributed by atoms with Crippen molar-refractivity contribution < 1.29 is 4.79 Å². The minimum Gasteiger partial charge on any atom is -0.352 e. The number of carbonyl (C=O) groups is 1. The van der Waals surface area contributed by atoms with Crippen molar-refractivity contribution in [2.24, 2.45) is 11.7 Å². The largest absolute Gasteiger partial charge is 0.352 e. The van der Waals surface area contributed by atoms with Crippen LogP contribution in [0.15, 0.2) is 29.2 Å². The fraction of sp³-hybridized carbons (Fsp3) is 0.462. The van der Waals surface area contributed by atoms with E-state index in [4.69, 9.17) is 5.73 Å². The zero-order valence-corrected chi connectivity index (χ0v) is 11.2. The summed E-state index contributed by atoms with van der Waals surface area (Å²) in [5.41, 5.74) is 6.55. The quantitative estimate of drug-likeness (QED) is 0.762. The Kier molecular flexibility index (Phi) is 6.08. The van der Waals surface area contributed by atoms with Crippen LogP contribution in [0, 0.1) is 5.92 Å². The maximum Gasteiger partial charge on any atom is 0.223 e. The van der Waals surface area contributed by atoms with Crippen molar-refractivity contribution in [1.82, 2.24) is 5.32 Å². The fourth-order valence-electron chi connectivity index (χ4n) is 1.49. The number of amides is 1. The lowest BCUT2D eigenvalue weighted by atomic mass is 10.1. The van der Waals surface area contributed by atoms with Crippen molar-refractivity contribution >= 4 is 17.7 Å². The highest BCUT2D eigenvalue weighted by Crippen LogP contribution is 2.14. The second-order valence-electron chi connectivity index (χ2n) is 4.04. The highest BCUT2D eigenvalue weighted by Gasteiger charge is 2.10. The van der Waals surface area contributed by atoms with Gasteiger partial charge in [-0.05, 0) is 36.9 Å². The van der Waals surface area contributed by atoms with E-state index in [1.807, 2.05) is 25.3 Å². The van der Waals surface area contributed by atoms with Gasteiger partial charge in [0.15, 0.2) is 0 Å². The number of rotatable bonds is 6. The molecule has 0 aromatic heterocycles. The molecule has 1 atom stereocenters. The average Bonchev–Trinajstić information content (AvgIpc) is 2.36. The topological polar surface area (TPSA) is 55.1 Å². The number of thioether (sulfide) groups is 1. The number of nitrogens with two attached hydrogens (primary N) is 1. The van der Waals surface area contributed by atoms with Gasteiger partial charge >= 0.3 is 0 Å². The van der Waals surface area contributed by atoms with Crippen LogP contribution in [0.25, 0.3) is 0 Å². The minimum atomic E-state index is -0.00882. The summed E-state index contributed by atoms with van der Waals surface area (Å²) in [5, 5.41) is 2.92. The molecule has 1 aromatic carbocycles. The first-order valence-electron chi connectivity index (χ1n) is 5.78. The maximum atomic E-state index is 11.7. The molecule has 0 fully saturated rings. The Morgan fingerprint density at radius 2 is 2.06 bits per heavy atom. The van der Waals surface area contributed by atoms with E-state index in [9.17, 15) is 4.79 Å². The van der Waals surface area contributed by atoms with E-state index in [0.29, 0.717) is 13.1 Å². The zero-order chi connectivity index (χ0) is 12.7. The molecule has 0 radical (unpaired) electrons. The summed E-state index contributed by atoms with van der Waals surface area (Å²) >= 11 is 1.71. The number of hydrogen-bond donors (Lipinski definition) is 2. The zero-order valence-electron chi connectivity index (χ0n) is 10.4. The number of benzene rings is 1. The Morgan fingerprint density at radius 1 is 1.41 bits per heavy atom. The van der Waals surface area contributed by atoms with E-state index >= 15 is 0 Å². The SMILES string of the molecule is CSc1ccc(CNC(=O)C(C)CCN)cc1. The van der Waals surface area contributed by atoms with Gasteiger partial charge < -0.3 is 11.1 Å². The molecule has 0 saturated carbocycles. The molecule has 4 heteroatoms. The van der Waals surface area contributed by atoms with Gasteiger partial charge in [-0.15, -0.1) is 11.8 Å².